The fourth-order valence-electron chi connectivity index (χ4n) is 3.19. The predicted octanol–water partition coefficient (Wildman–Crippen LogP) is 2.64. The van der Waals surface area contributed by atoms with E-state index in [9.17, 15) is 0 Å². The van der Waals surface area contributed by atoms with Crippen LogP contribution in [0.2, 0.25) is 5.02 Å². The van der Waals surface area contributed by atoms with Crippen LogP contribution in [-0.4, -0.2) is 51.2 Å². The molecule has 124 valence electrons. The maximum absolute atomic E-state index is 6.08. The summed E-state index contributed by atoms with van der Waals surface area (Å²) in [6, 6.07) is 7.99. The van der Waals surface area contributed by atoms with E-state index in [1.165, 1.54) is 5.69 Å². The Hall–Kier alpha value is -2.18. The van der Waals surface area contributed by atoms with Crippen molar-refractivity contribution in [1.82, 2.24) is 25.1 Å². The molecule has 7 heteroatoms. The number of aromatic nitrogens is 4. The van der Waals surface area contributed by atoms with Crippen LogP contribution in [0, 0.1) is 6.92 Å². The van der Waals surface area contributed by atoms with Gasteiger partial charge in [0.2, 0.25) is 0 Å². The highest BCUT2D eigenvalue weighted by molar-refractivity contribution is 6.31. The largest absolute Gasteiger partial charge is 0.368 e. The van der Waals surface area contributed by atoms with Crippen LogP contribution < -0.4 is 4.90 Å². The van der Waals surface area contributed by atoms with E-state index in [2.05, 4.69) is 42.1 Å². The lowest BCUT2D eigenvalue weighted by Gasteiger charge is -2.36. The number of fused-ring (bicyclic) bond motifs is 1. The van der Waals surface area contributed by atoms with Crippen LogP contribution >= 0.6 is 11.6 Å². The van der Waals surface area contributed by atoms with E-state index in [0.29, 0.717) is 0 Å². The molecule has 4 rings (SSSR count). The summed E-state index contributed by atoms with van der Waals surface area (Å²) in [5.74, 6) is 1.73. The Morgan fingerprint density at radius 3 is 2.75 bits per heavy atom. The molecule has 0 amide bonds. The third-order valence-electron chi connectivity index (χ3n) is 4.40. The fraction of sp³-hybridized carbons (Fsp3) is 0.353. The van der Waals surface area contributed by atoms with Gasteiger partial charge in [-0.1, -0.05) is 11.6 Å². The third kappa shape index (κ3) is 3.07. The van der Waals surface area contributed by atoms with Crippen LogP contribution in [0.25, 0.3) is 10.9 Å². The number of aromatic amines is 1. The minimum absolute atomic E-state index is 0.721. The highest BCUT2D eigenvalue weighted by Crippen LogP contribution is 2.28. The molecular formula is C17H19ClN6. The lowest BCUT2D eigenvalue weighted by Crippen LogP contribution is -2.46. The first-order valence-corrected chi connectivity index (χ1v) is 8.46. The van der Waals surface area contributed by atoms with Gasteiger partial charge in [0.25, 0.3) is 0 Å². The van der Waals surface area contributed by atoms with E-state index in [0.717, 1.165) is 60.3 Å². The van der Waals surface area contributed by atoms with Crippen molar-refractivity contribution >= 4 is 28.2 Å². The molecule has 1 aromatic carbocycles. The van der Waals surface area contributed by atoms with Gasteiger partial charge in [-0.25, -0.2) is 4.98 Å². The highest BCUT2D eigenvalue weighted by atomic mass is 35.5. The van der Waals surface area contributed by atoms with Crippen LogP contribution in [0.4, 0.5) is 5.69 Å². The normalized spacial score (nSPS) is 16.0. The van der Waals surface area contributed by atoms with Crippen molar-refractivity contribution in [2.45, 2.75) is 13.5 Å². The number of H-pyrrole nitrogens is 1. The van der Waals surface area contributed by atoms with Gasteiger partial charge < -0.3 is 4.90 Å². The van der Waals surface area contributed by atoms with E-state index < -0.39 is 0 Å². The molecule has 0 atom stereocenters. The summed E-state index contributed by atoms with van der Waals surface area (Å²) in [6.45, 7) is 6.66. The number of rotatable bonds is 3. The van der Waals surface area contributed by atoms with Crippen LogP contribution in [0.1, 0.15) is 11.6 Å². The molecule has 0 bridgehead atoms. The van der Waals surface area contributed by atoms with Gasteiger partial charge in [-0.15, -0.1) is 0 Å². The van der Waals surface area contributed by atoms with E-state index >= 15 is 0 Å². The third-order valence-corrected chi connectivity index (χ3v) is 4.64. The molecule has 0 spiro atoms. The maximum Gasteiger partial charge on any atom is 0.164 e. The number of nitrogens with one attached hydrogen (secondary N) is 1. The van der Waals surface area contributed by atoms with Crippen molar-refractivity contribution < 1.29 is 0 Å². The molecule has 6 nitrogen and oxygen atoms in total. The minimum Gasteiger partial charge on any atom is -0.368 e. The van der Waals surface area contributed by atoms with Crippen LogP contribution in [0.3, 0.4) is 0 Å². The molecule has 1 saturated heterocycles. The standard InChI is InChI=1S/C17H19ClN6/c1-12-20-17(22-21-12)11-23-6-8-24(9-7-23)16-4-5-19-15-10-13(18)2-3-14(15)16/h2-5,10H,6-9,11H2,1H3,(H,20,21,22). The fourth-order valence-corrected chi connectivity index (χ4v) is 3.35. The second kappa shape index (κ2) is 6.37. The Morgan fingerprint density at radius 2 is 2.00 bits per heavy atom. The van der Waals surface area contributed by atoms with Gasteiger partial charge in [-0.05, 0) is 31.2 Å². The van der Waals surface area contributed by atoms with Gasteiger partial charge in [-0.3, -0.25) is 15.0 Å². The average Bonchev–Trinajstić information content (AvgIpc) is 3.00. The topological polar surface area (TPSA) is 60.9 Å². The summed E-state index contributed by atoms with van der Waals surface area (Å²) in [7, 11) is 0. The quantitative estimate of drug-likeness (QED) is 0.793. The number of anilines is 1. The first kappa shape index (κ1) is 15.4. The van der Waals surface area contributed by atoms with Gasteiger partial charge in [0.1, 0.15) is 5.82 Å². The zero-order chi connectivity index (χ0) is 16.5. The zero-order valence-electron chi connectivity index (χ0n) is 13.5. The van der Waals surface area contributed by atoms with Gasteiger partial charge in [0.15, 0.2) is 5.82 Å². The average molecular weight is 343 g/mol. The Kier molecular flexibility index (Phi) is 4.08. The number of nitrogens with zero attached hydrogens (tertiary/aromatic N) is 5. The SMILES string of the molecule is Cc1nc(CN2CCN(c3ccnc4cc(Cl)ccc34)CC2)n[nH]1. The first-order chi connectivity index (χ1) is 11.7. The van der Waals surface area contributed by atoms with Crippen LogP contribution in [0.15, 0.2) is 30.5 Å². The van der Waals surface area contributed by atoms with E-state index in [-0.39, 0.29) is 0 Å². The summed E-state index contributed by atoms with van der Waals surface area (Å²) < 4.78 is 0. The number of halogens is 1. The van der Waals surface area contributed by atoms with Gasteiger partial charge >= 0.3 is 0 Å². The molecule has 3 heterocycles. The molecule has 1 aliphatic rings. The molecule has 3 aromatic rings. The Labute approximate surface area is 145 Å². The smallest absolute Gasteiger partial charge is 0.164 e. The minimum atomic E-state index is 0.721. The Morgan fingerprint density at radius 1 is 1.17 bits per heavy atom. The zero-order valence-corrected chi connectivity index (χ0v) is 14.3. The number of benzene rings is 1. The molecule has 0 unspecified atom stereocenters. The summed E-state index contributed by atoms with van der Waals surface area (Å²) in [5.41, 5.74) is 2.17. The molecule has 1 N–H and O–H groups in total. The number of hydrogen-bond donors (Lipinski definition) is 1. The maximum atomic E-state index is 6.08. The number of piperazine rings is 1. The number of hydrogen-bond acceptors (Lipinski definition) is 5. The van der Waals surface area contributed by atoms with Crippen molar-refractivity contribution in [3.8, 4) is 0 Å². The molecule has 1 aliphatic heterocycles. The van der Waals surface area contributed by atoms with E-state index in [1.54, 1.807) is 0 Å². The monoisotopic (exact) mass is 342 g/mol. The Balaban J connectivity index is 1.48. The first-order valence-electron chi connectivity index (χ1n) is 8.08. The lowest BCUT2D eigenvalue weighted by molar-refractivity contribution is 0.244. The molecule has 1 fully saturated rings. The Bertz CT molecular complexity index is 853. The summed E-state index contributed by atoms with van der Waals surface area (Å²) in [5, 5.41) is 9.00. The summed E-state index contributed by atoms with van der Waals surface area (Å²) >= 11 is 6.08. The molecule has 24 heavy (non-hydrogen) atoms. The predicted molar refractivity (Wildman–Crippen MR) is 95.4 cm³/mol. The van der Waals surface area contributed by atoms with Crippen molar-refractivity contribution in [1.29, 1.82) is 0 Å². The molecule has 0 saturated carbocycles. The molecule has 2 aromatic heterocycles. The van der Waals surface area contributed by atoms with Crippen molar-refractivity contribution in [3.05, 3.63) is 47.1 Å². The van der Waals surface area contributed by atoms with Crippen LogP contribution in [-0.2, 0) is 6.54 Å². The highest BCUT2D eigenvalue weighted by Gasteiger charge is 2.20. The van der Waals surface area contributed by atoms with E-state index in [4.69, 9.17) is 11.6 Å². The van der Waals surface area contributed by atoms with E-state index in [1.807, 2.05) is 25.3 Å². The van der Waals surface area contributed by atoms with Crippen molar-refractivity contribution in [3.63, 3.8) is 0 Å². The number of pyridine rings is 1. The molecule has 0 radical (unpaired) electrons. The van der Waals surface area contributed by atoms with Gasteiger partial charge in [0, 0.05) is 48.5 Å². The number of aryl methyl sites for hydroxylation is 1. The molecular weight excluding hydrogens is 324 g/mol. The van der Waals surface area contributed by atoms with Gasteiger partial charge in [-0.2, -0.15) is 5.10 Å². The summed E-state index contributed by atoms with van der Waals surface area (Å²) in [4.78, 5) is 13.6. The summed E-state index contributed by atoms with van der Waals surface area (Å²) in [6.07, 6.45) is 1.86. The lowest BCUT2D eigenvalue weighted by atomic mass is 10.1. The van der Waals surface area contributed by atoms with Crippen molar-refractivity contribution in [2.24, 2.45) is 0 Å². The van der Waals surface area contributed by atoms with Crippen LogP contribution in [0.5, 0.6) is 0 Å². The molecule has 0 aliphatic carbocycles. The van der Waals surface area contributed by atoms with Crippen molar-refractivity contribution in [2.75, 3.05) is 31.1 Å². The second-order valence-corrected chi connectivity index (χ2v) is 6.53. The second-order valence-electron chi connectivity index (χ2n) is 6.09. The van der Waals surface area contributed by atoms with Gasteiger partial charge in [0.05, 0.1) is 12.1 Å².